The maximum atomic E-state index is 2.47. The van der Waals surface area contributed by atoms with Gasteiger partial charge in [-0.15, -0.1) is 0 Å². The average molecular weight is 879 g/mol. The van der Waals surface area contributed by atoms with Crippen LogP contribution in [0.3, 0.4) is 0 Å². The molecule has 12 aromatic rings. The van der Waals surface area contributed by atoms with Crippen LogP contribution in [0.2, 0.25) is 0 Å². The molecule has 1 aliphatic rings. The summed E-state index contributed by atoms with van der Waals surface area (Å²) in [6, 6.07) is 102. The number of nitrogens with zero attached hydrogens (tertiary/aromatic N) is 2. The minimum atomic E-state index is -0.481. The van der Waals surface area contributed by atoms with Gasteiger partial charge in [0.25, 0.3) is 0 Å². The number of benzene rings is 11. The molecular weight excluding hydrogens is 833 g/mol. The third-order valence-electron chi connectivity index (χ3n) is 14.3. The number of rotatable bonds is 9. The standard InChI is InChI=1S/C67H46N2/c1-5-20-47(21-6-1)48-36-39-55(40-37-48)68(54-28-11-4-12-29-54)64-34-17-14-30-57(64)51-23-19-22-49(44-51)50-38-43-66-61(45-50)60-32-15-18-35-65(60)69(66)56-41-42-59-58-31-13-16-33-62(58)67(63(59)46-56,52-24-7-2-8-25-52)53-26-9-3-10-27-53/h1-46H. The zero-order chi connectivity index (χ0) is 45.7. The number of hydrogen-bond donors (Lipinski definition) is 0. The summed E-state index contributed by atoms with van der Waals surface area (Å²) in [6.45, 7) is 0. The Morgan fingerprint density at radius 1 is 0.290 bits per heavy atom. The fourth-order valence-electron chi connectivity index (χ4n) is 11.2. The quantitative estimate of drug-likeness (QED) is 0.140. The Hall–Kier alpha value is -8.98. The van der Waals surface area contributed by atoms with Crippen LogP contribution in [-0.2, 0) is 5.41 Å². The Balaban J connectivity index is 0.926. The second-order valence-corrected chi connectivity index (χ2v) is 18.0. The van der Waals surface area contributed by atoms with Crippen molar-refractivity contribution in [2.75, 3.05) is 4.90 Å². The van der Waals surface area contributed by atoms with Crippen LogP contribution >= 0.6 is 0 Å². The van der Waals surface area contributed by atoms with Crippen LogP contribution in [0.5, 0.6) is 0 Å². The van der Waals surface area contributed by atoms with E-state index in [4.69, 9.17) is 0 Å². The first-order valence-electron chi connectivity index (χ1n) is 23.8. The van der Waals surface area contributed by atoms with Gasteiger partial charge in [-0.25, -0.2) is 0 Å². The van der Waals surface area contributed by atoms with Crippen molar-refractivity contribution in [3.63, 3.8) is 0 Å². The van der Waals surface area contributed by atoms with Gasteiger partial charge < -0.3 is 9.47 Å². The van der Waals surface area contributed by atoms with Gasteiger partial charge in [0.05, 0.1) is 22.1 Å². The van der Waals surface area contributed by atoms with Crippen LogP contribution in [-0.4, -0.2) is 4.57 Å². The second-order valence-electron chi connectivity index (χ2n) is 18.0. The molecule has 0 saturated heterocycles. The van der Waals surface area contributed by atoms with Crippen molar-refractivity contribution in [3.8, 4) is 50.2 Å². The van der Waals surface area contributed by atoms with E-state index in [1.807, 2.05) is 0 Å². The first-order chi connectivity index (χ1) is 34.2. The molecule has 0 amide bonds. The summed E-state index contributed by atoms with van der Waals surface area (Å²) in [5.41, 5.74) is 21.1. The van der Waals surface area contributed by atoms with Crippen LogP contribution in [0.4, 0.5) is 17.1 Å². The monoisotopic (exact) mass is 878 g/mol. The summed E-state index contributed by atoms with van der Waals surface area (Å²) in [6.07, 6.45) is 0. The number of anilines is 3. The third kappa shape index (κ3) is 6.64. The topological polar surface area (TPSA) is 8.17 Å². The molecule has 0 bridgehead atoms. The van der Waals surface area contributed by atoms with E-state index in [2.05, 4.69) is 289 Å². The summed E-state index contributed by atoms with van der Waals surface area (Å²) in [4.78, 5) is 2.37. The fraction of sp³-hybridized carbons (Fsp3) is 0.0149. The van der Waals surface area contributed by atoms with Gasteiger partial charge in [-0.1, -0.05) is 212 Å². The van der Waals surface area contributed by atoms with Gasteiger partial charge in [-0.05, 0) is 128 Å². The fourth-order valence-corrected chi connectivity index (χ4v) is 11.2. The number of para-hydroxylation sites is 3. The van der Waals surface area contributed by atoms with Crippen molar-refractivity contribution in [1.29, 1.82) is 0 Å². The van der Waals surface area contributed by atoms with Crippen LogP contribution in [0.1, 0.15) is 22.3 Å². The molecule has 0 spiro atoms. The summed E-state index contributed by atoms with van der Waals surface area (Å²) in [5, 5.41) is 2.46. The maximum absolute atomic E-state index is 2.47. The molecule has 324 valence electrons. The van der Waals surface area contributed by atoms with Gasteiger partial charge in [0, 0.05) is 33.4 Å². The Morgan fingerprint density at radius 2 is 0.812 bits per heavy atom. The SMILES string of the molecule is c1ccc(-c2ccc(N(c3ccccc3)c3ccccc3-c3cccc(-c4ccc5c(c4)c4ccccc4n5-c4ccc5c(c4)C(c4ccccc4)(c4ccccc4)c4ccccc4-5)c3)cc2)cc1. The number of fused-ring (bicyclic) bond motifs is 6. The molecule has 1 heterocycles. The molecule has 0 fully saturated rings. The highest BCUT2D eigenvalue weighted by atomic mass is 15.1. The lowest BCUT2D eigenvalue weighted by Gasteiger charge is -2.34. The molecule has 13 rings (SSSR count). The van der Waals surface area contributed by atoms with Crippen LogP contribution in [0, 0.1) is 0 Å². The Kier molecular flexibility index (Phi) is 9.77. The summed E-state index contributed by atoms with van der Waals surface area (Å²) in [7, 11) is 0. The molecule has 0 aliphatic heterocycles. The second kappa shape index (κ2) is 16.7. The van der Waals surface area contributed by atoms with E-state index in [9.17, 15) is 0 Å². The van der Waals surface area contributed by atoms with E-state index in [1.165, 1.54) is 77.4 Å². The highest BCUT2D eigenvalue weighted by Gasteiger charge is 2.46. The average Bonchev–Trinajstić information content (AvgIpc) is 3.92. The van der Waals surface area contributed by atoms with Gasteiger partial charge in [0.2, 0.25) is 0 Å². The molecule has 1 aromatic heterocycles. The van der Waals surface area contributed by atoms with Gasteiger partial charge in [-0.2, -0.15) is 0 Å². The number of hydrogen-bond acceptors (Lipinski definition) is 1. The molecule has 2 nitrogen and oxygen atoms in total. The molecule has 11 aromatic carbocycles. The van der Waals surface area contributed by atoms with E-state index >= 15 is 0 Å². The van der Waals surface area contributed by atoms with Crippen molar-refractivity contribution in [2.45, 2.75) is 5.41 Å². The molecule has 2 heteroatoms. The zero-order valence-corrected chi connectivity index (χ0v) is 38.0. The smallest absolute Gasteiger partial charge is 0.0714 e. The van der Waals surface area contributed by atoms with Gasteiger partial charge >= 0.3 is 0 Å². The Morgan fingerprint density at radius 3 is 1.57 bits per heavy atom. The Bertz CT molecular complexity index is 3780. The van der Waals surface area contributed by atoms with Crippen molar-refractivity contribution in [1.82, 2.24) is 4.57 Å². The van der Waals surface area contributed by atoms with Crippen LogP contribution in [0.15, 0.2) is 279 Å². The molecule has 1 aliphatic carbocycles. The zero-order valence-electron chi connectivity index (χ0n) is 38.0. The Labute approximate surface area is 403 Å². The maximum Gasteiger partial charge on any atom is 0.0714 e. The lowest BCUT2D eigenvalue weighted by Crippen LogP contribution is -2.28. The van der Waals surface area contributed by atoms with Gasteiger partial charge in [0.15, 0.2) is 0 Å². The van der Waals surface area contributed by atoms with Gasteiger partial charge in [0.1, 0.15) is 0 Å². The predicted octanol–water partition coefficient (Wildman–Crippen LogP) is 17.6. The van der Waals surface area contributed by atoms with Crippen LogP contribution in [0.25, 0.3) is 72.0 Å². The lowest BCUT2D eigenvalue weighted by atomic mass is 9.67. The van der Waals surface area contributed by atoms with Crippen LogP contribution < -0.4 is 4.90 Å². The van der Waals surface area contributed by atoms with E-state index in [0.717, 1.165) is 33.9 Å². The van der Waals surface area contributed by atoms with E-state index in [-0.39, 0.29) is 0 Å². The first kappa shape index (κ1) is 40.3. The normalized spacial score (nSPS) is 12.5. The van der Waals surface area contributed by atoms with Crippen molar-refractivity contribution >= 4 is 38.9 Å². The minimum Gasteiger partial charge on any atom is -0.310 e. The van der Waals surface area contributed by atoms with Crippen molar-refractivity contribution < 1.29 is 0 Å². The summed E-state index contributed by atoms with van der Waals surface area (Å²) >= 11 is 0. The molecule has 0 saturated carbocycles. The summed E-state index contributed by atoms with van der Waals surface area (Å²) in [5.74, 6) is 0. The van der Waals surface area contributed by atoms with E-state index < -0.39 is 5.41 Å². The number of aromatic nitrogens is 1. The summed E-state index contributed by atoms with van der Waals surface area (Å²) < 4.78 is 2.47. The molecule has 0 atom stereocenters. The van der Waals surface area contributed by atoms with E-state index in [1.54, 1.807) is 0 Å². The molecule has 0 radical (unpaired) electrons. The minimum absolute atomic E-state index is 0.481. The van der Waals surface area contributed by atoms with Crippen molar-refractivity contribution in [3.05, 3.63) is 301 Å². The lowest BCUT2D eigenvalue weighted by molar-refractivity contribution is 0.767. The molecule has 69 heavy (non-hydrogen) atoms. The highest BCUT2D eigenvalue weighted by molar-refractivity contribution is 6.10. The molecule has 0 unspecified atom stereocenters. The largest absolute Gasteiger partial charge is 0.310 e. The third-order valence-corrected chi connectivity index (χ3v) is 14.3. The van der Waals surface area contributed by atoms with Gasteiger partial charge in [-0.3, -0.25) is 0 Å². The highest BCUT2D eigenvalue weighted by Crippen LogP contribution is 2.56. The molecule has 0 N–H and O–H groups in total. The molecular formula is C67H46N2. The first-order valence-corrected chi connectivity index (χ1v) is 23.8. The predicted molar refractivity (Wildman–Crippen MR) is 289 cm³/mol. The van der Waals surface area contributed by atoms with Crippen molar-refractivity contribution in [2.24, 2.45) is 0 Å². The van der Waals surface area contributed by atoms with E-state index in [0.29, 0.717) is 0 Å².